The average molecular weight is 541 g/mol. The van der Waals surface area contributed by atoms with Gasteiger partial charge >= 0.3 is 5.69 Å². The van der Waals surface area contributed by atoms with E-state index in [1.807, 2.05) is 41.4 Å². The number of aryl methyl sites for hydroxylation is 1. The number of fused-ring (bicyclic) bond motifs is 3. The third-order valence-electron chi connectivity index (χ3n) is 7.48. The molecule has 0 N–H and O–H groups in total. The Kier molecular flexibility index (Phi) is 7.02. The molecule has 9 heteroatoms. The van der Waals surface area contributed by atoms with E-state index in [9.17, 15) is 14.0 Å². The molecule has 2 aliphatic heterocycles. The summed E-state index contributed by atoms with van der Waals surface area (Å²) in [4.78, 5) is 36.8. The normalized spacial score (nSPS) is 16.1. The molecule has 2 aliphatic rings. The minimum absolute atomic E-state index is 0.0301. The Hall–Kier alpha value is -4.53. The Morgan fingerprint density at radius 3 is 2.70 bits per heavy atom. The van der Waals surface area contributed by atoms with Crippen molar-refractivity contribution in [2.75, 3.05) is 20.3 Å². The zero-order valence-electron chi connectivity index (χ0n) is 22.2. The molecule has 0 bridgehead atoms. The number of carbonyl (C=O) groups excluding carboxylic acids is 1. The average Bonchev–Trinajstić information content (AvgIpc) is 3.41. The van der Waals surface area contributed by atoms with Crippen molar-refractivity contribution >= 4 is 28.7 Å². The molecule has 1 saturated heterocycles. The van der Waals surface area contributed by atoms with Gasteiger partial charge in [-0.05, 0) is 49.9 Å². The zero-order chi connectivity index (χ0) is 27.6. The van der Waals surface area contributed by atoms with Crippen LogP contribution in [0.3, 0.4) is 0 Å². The molecular formula is C31H29FN4O4. The van der Waals surface area contributed by atoms with Gasteiger partial charge < -0.3 is 14.4 Å². The number of methoxy groups -OCH3 is 1. The summed E-state index contributed by atoms with van der Waals surface area (Å²) in [7, 11) is 1.55. The number of amides is 1. The number of halogens is 1. The first-order valence-electron chi connectivity index (χ1n) is 13.5. The molecule has 1 fully saturated rings. The fraction of sp³-hybridized carbons (Fsp3) is 0.290. The first kappa shape index (κ1) is 25.7. The number of nitrogens with zero attached hydrogens (tertiary/aromatic N) is 4. The number of hydrogen-bond acceptors (Lipinski definition) is 6. The number of unbranched alkanes of at least 4 members (excludes halogenated alkanes) is 1. The minimum atomic E-state index is -0.383. The minimum Gasteiger partial charge on any atom is -0.493 e. The maximum absolute atomic E-state index is 14.2. The van der Waals surface area contributed by atoms with Crippen LogP contribution in [0.1, 0.15) is 36.0 Å². The predicted octanol–water partition coefficient (Wildman–Crippen LogP) is 5.39. The van der Waals surface area contributed by atoms with Gasteiger partial charge in [0.2, 0.25) is 0 Å². The Bertz CT molecular complexity index is 1670. The van der Waals surface area contributed by atoms with E-state index in [-0.39, 0.29) is 23.5 Å². The van der Waals surface area contributed by atoms with E-state index in [2.05, 4.69) is 9.98 Å². The van der Waals surface area contributed by atoms with Crippen LogP contribution < -0.4 is 15.2 Å². The standard InChI is InChI=1S/C31H29FN4O4/c1-39-27-17-23-25(33-19-22-10-7-14-35(22)30(23)37)18-28(27)40-15-6-5-13-36-26-12-11-21(32)16-24(26)29(34-31(36)38)20-8-3-2-4-9-20/h2-4,8-9,11-12,16-19,22H,5-7,10,13-15H2,1H3/t22-/m0/s1. The number of rotatable bonds is 8. The summed E-state index contributed by atoms with van der Waals surface area (Å²) >= 11 is 0. The number of carbonyl (C=O) groups is 1. The zero-order valence-corrected chi connectivity index (χ0v) is 22.2. The smallest absolute Gasteiger partial charge is 0.348 e. The lowest BCUT2D eigenvalue weighted by Gasteiger charge is -2.20. The molecular weight excluding hydrogens is 511 g/mol. The van der Waals surface area contributed by atoms with Gasteiger partial charge in [0.1, 0.15) is 5.82 Å². The van der Waals surface area contributed by atoms with Gasteiger partial charge in [-0.1, -0.05) is 30.3 Å². The van der Waals surface area contributed by atoms with Crippen molar-refractivity contribution in [3.05, 3.63) is 82.5 Å². The van der Waals surface area contributed by atoms with Crippen molar-refractivity contribution in [1.29, 1.82) is 0 Å². The molecule has 0 saturated carbocycles. The summed E-state index contributed by atoms with van der Waals surface area (Å²) in [5.41, 5.74) is 2.57. The first-order valence-corrected chi connectivity index (χ1v) is 13.5. The van der Waals surface area contributed by atoms with Gasteiger partial charge in [0.05, 0.1) is 42.2 Å². The Labute approximate surface area is 230 Å². The van der Waals surface area contributed by atoms with Gasteiger partial charge in [-0.3, -0.25) is 14.4 Å². The van der Waals surface area contributed by atoms with Crippen molar-refractivity contribution in [1.82, 2.24) is 14.5 Å². The third-order valence-corrected chi connectivity index (χ3v) is 7.48. The molecule has 6 rings (SSSR count). The van der Waals surface area contributed by atoms with Gasteiger partial charge in [-0.25, -0.2) is 9.18 Å². The van der Waals surface area contributed by atoms with Crippen LogP contribution in [0.2, 0.25) is 0 Å². The Morgan fingerprint density at radius 1 is 1.02 bits per heavy atom. The number of aromatic nitrogens is 2. The van der Waals surface area contributed by atoms with E-state index >= 15 is 0 Å². The van der Waals surface area contributed by atoms with E-state index in [1.54, 1.807) is 29.9 Å². The first-order chi connectivity index (χ1) is 19.5. The molecule has 1 atom stereocenters. The number of benzene rings is 3. The molecule has 1 aromatic heterocycles. The molecule has 3 heterocycles. The summed E-state index contributed by atoms with van der Waals surface area (Å²) < 4.78 is 27.3. The molecule has 0 aliphatic carbocycles. The Balaban J connectivity index is 1.16. The summed E-state index contributed by atoms with van der Waals surface area (Å²) in [5.74, 6) is 0.570. The number of ether oxygens (including phenoxy) is 2. The van der Waals surface area contributed by atoms with E-state index < -0.39 is 0 Å². The molecule has 0 radical (unpaired) electrons. The molecule has 0 unspecified atom stereocenters. The highest BCUT2D eigenvalue weighted by atomic mass is 19.1. The second kappa shape index (κ2) is 10.9. The van der Waals surface area contributed by atoms with Crippen LogP contribution in [-0.2, 0) is 6.54 Å². The second-order valence-corrected chi connectivity index (χ2v) is 9.98. The predicted molar refractivity (Wildman–Crippen MR) is 151 cm³/mol. The topological polar surface area (TPSA) is 86.0 Å². The number of hydrogen-bond donors (Lipinski definition) is 0. The van der Waals surface area contributed by atoms with Crippen molar-refractivity contribution in [3.63, 3.8) is 0 Å². The summed E-state index contributed by atoms with van der Waals surface area (Å²) in [6.07, 6.45) is 5.02. The van der Waals surface area contributed by atoms with E-state index in [1.165, 1.54) is 12.1 Å². The van der Waals surface area contributed by atoms with Crippen LogP contribution in [0.5, 0.6) is 11.5 Å². The molecule has 8 nitrogen and oxygen atoms in total. The van der Waals surface area contributed by atoms with Crippen LogP contribution in [0, 0.1) is 5.82 Å². The summed E-state index contributed by atoms with van der Waals surface area (Å²) in [6.45, 7) is 1.51. The molecule has 40 heavy (non-hydrogen) atoms. The van der Waals surface area contributed by atoms with Crippen molar-refractivity contribution in [2.45, 2.75) is 38.3 Å². The van der Waals surface area contributed by atoms with Gasteiger partial charge in [0, 0.05) is 36.3 Å². The fourth-order valence-corrected chi connectivity index (χ4v) is 5.46. The molecule has 204 valence electrons. The lowest BCUT2D eigenvalue weighted by molar-refractivity contribution is 0.0774. The lowest BCUT2D eigenvalue weighted by atomic mass is 10.1. The largest absolute Gasteiger partial charge is 0.493 e. The van der Waals surface area contributed by atoms with E-state index in [0.717, 1.165) is 24.9 Å². The highest BCUT2D eigenvalue weighted by Gasteiger charge is 2.32. The van der Waals surface area contributed by atoms with E-state index in [4.69, 9.17) is 9.47 Å². The van der Waals surface area contributed by atoms with Crippen LogP contribution >= 0.6 is 0 Å². The maximum atomic E-state index is 14.2. The molecule has 4 aromatic rings. The van der Waals surface area contributed by atoms with Crippen molar-refractivity contribution < 1.29 is 18.7 Å². The monoisotopic (exact) mass is 540 g/mol. The highest BCUT2D eigenvalue weighted by molar-refractivity contribution is 6.03. The summed E-state index contributed by atoms with van der Waals surface area (Å²) in [5, 5.41) is 0.590. The van der Waals surface area contributed by atoms with Crippen LogP contribution in [0.15, 0.2) is 70.5 Å². The van der Waals surface area contributed by atoms with Gasteiger partial charge in [-0.2, -0.15) is 4.98 Å². The second-order valence-electron chi connectivity index (χ2n) is 9.98. The van der Waals surface area contributed by atoms with Gasteiger partial charge in [0.15, 0.2) is 11.5 Å². The van der Waals surface area contributed by atoms with Gasteiger partial charge in [0.25, 0.3) is 5.91 Å². The highest BCUT2D eigenvalue weighted by Crippen LogP contribution is 2.38. The fourth-order valence-electron chi connectivity index (χ4n) is 5.46. The van der Waals surface area contributed by atoms with Gasteiger partial charge in [-0.15, -0.1) is 0 Å². The van der Waals surface area contributed by atoms with E-state index in [0.29, 0.717) is 65.3 Å². The molecule has 3 aromatic carbocycles. The van der Waals surface area contributed by atoms with Crippen LogP contribution in [0.25, 0.3) is 22.2 Å². The lowest BCUT2D eigenvalue weighted by Crippen LogP contribution is -2.35. The number of aliphatic imine (C=N–C) groups is 1. The SMILES string of the molecule is COc1cc2c(cc1OCCCCn1c(=O)nc(-c3ccccc3)c3cc(F)ccc31)N=C[C@@H]1CCCN1C2=O. The Morgan fingerprint density at radius 2 is 1.88 bits per heavy atom. The third kappa shape index (κ3) is 4.83. The maximum Gasteiger partial charge on any atom is 0.348 e. The van der Waals surface area contributed by atoms with Crippen LogP contribution in [0.4, 0.5) is 10.1 Å². The van der Waals surface area contributed by atoms with Crippen LogP contribution in [-0.4, -0.2) is 52.9 Å². The molecule has 1 amide bonds. The van der Waals surface area contributed by atoms with Crippen molar-refractivity contribution in [3.8, 4) is 22.8 Å². The quantitative estimate of drug-likeness (QED) is 0.280. The van der Waals surface area contributed by atoms with Crippen molar-refractivity contribution in [2.24, 2.45) is 4.99 Å². The molecule has 0 spiro atoms. The summed E-state index contributed by atoms with van der Waals surface area (Å²) in [6, 6.07) is 17.2.